The van der Waals surface area contributed by atoms with Gasteiger partial charge in [0.15, 0.2) is 0 Å². The SMILES string of the molecule is CNCC(Cn1cc2c(n1)CCN(C)C2)C(=O)NC. The highest BCUT2D eigenvalue weighted by Gasteiger charge is 2.21. The van der Waals surface area contributed by atoms with Gasteiger partial charge >= 0.3 is 0 Å². The molecule has 0 radical (unpaired) electrons. The number of carbonyl (C=O) groups excluding carboxylic acids is 1. The maximum Gasteiger partial charge on any atom is 0.226 e. The summed E-state index contributed by atoms with van der Waals surface area (Å²) in [6, 6.07) is 0. The first-order chi connectivity index (χ1) is 9.13. The zero-order valence-corrected chi connectivity index (χ0v) is 11.9. The quantitative estimate of drug-likeness (QED) is 0.750. The zero-order valence-electron chi connectivity index (χ0n) is 11.9. The molecule has 19 heavy (non-hydrogen) atoms. The van der Waals surface area contributed by atoms with Crippen LogP contribution in [0.4, 0.5) is 0 Å². The van der Waals surface area contributed by atoms with Gasteiger partial charge in [-0.3, -0.25) is 9.48 Å². The molecule has 0 fully saturated rings. The van der Waals surface area contributed by atoms with Gasteiger partial charge in [-0.15, -0.1) is 0 Å². The first-order valence-electron chi connectivity index (χ1n) is 6.74. The summed E-state index contributed by atoms with van der Waals surface area (Å²) in [7, 11) is 5.65. The number of likely N-dealkylation sites (N-methyl/N-ethyl adjacent to an activating group) is 1. The second kappa shape index (κ2) is 6.16. The number of carbonyl (C=O) groups is 1. The number of aromatic nitrogens is 2. The van der Waals surface area contributed by atoms with Crippen molar-refractivity contribution < 1.29 is 4.79 Å². The Morgan fingerprint density at radius 3 is 3.00 bits per heavy atom. The number of hydrogen-bond donors (Lipinski definition) is 2. The Morgan fingerprint density at radius 1 is 1.53 bits per heavy atom. The smallest absolute Gasteiger partial charge is 0.226 e. The zero-order chi connectivity index (χ0) is 13.8. The number of amides is 1. The predicted octanol–water partition coefficient (Wildman–Crippen LogP) is -0.547. The molecule has 6 heteroatoms. The summed E-state index contributed by atoms with van der Waals surface area (Å²) in [5.41, 5.74) is 2.46. The third kappa shape index (κ3) is 3.33. The number of hydrogen-bond acceptors (Lipinski definition) is 4. The van der Waals surface area contributed by atoms with Crippen molar-refractivity contribution in [3.8, 4) is 0 Å². The minimum absolute atomic E-state index is 0.0555. The molecule has 1 amide bonds. The highest BCUT2D eigenvalue weighted by Crippen LogP contribution is 2.16. The maximum atomic E-state index is 11.8. The number of nitrogens with zero attached hydrogens (tertiary/aromatic N) is 3. The van der Waals surface area contributed by atoms with Crippen molar-refractivity contribution in [2.45, 2.75) is 19.5 Å². The average molecular weight is 265 g/mol. The van der Waals surface area contributed by atoms with Gasteiger partial charge in [0.2, 0.25) is 5.91 Å². The van der Waals surface area contributed by atoms with Gasteiger partial charge in [-0.1, -0.05) is 0 Å². The molecule has 0 saturated carbocycles. The molecule has 2 heterocycles. The second-order valence-electron chi connectivity index (χ2n) is 5.18. The van der Waals surface area contributed by atoms with Gasteiger partial charge in [0.05, 0.1) is 18.2 Å². The van der Waals surface area contributed by atoms with E-state index in [0.717, 1.165) is 19.5 Å². The van der Waals surface area contributed by atoms with E-state index in [2.05, 4.69) is 33.9 Å². The Labute approximate surface area is 114 Å². The topological polar surface area (TPSA) is 62.2 Å². The van der Waals surface area contributed by atoms with Crippen LogP contribution in [0.3, 0.4) is 0 Å². The summed E-state index contributed by atoms with van der Waals surface area (Å²) < 4.78 is 1.92. The first-order valence-corrected chi connectivity index (χ1v) is 6.74. The normalized spacial score (nSPS) is 17.0. The summed E-state index contributed by atoms with van der Waals surface area (Å²) in [5.74, 6) is -0.0333. The Balaban J connectivity index is 2.07. The van der Waals surface area contributed by atoms with Crippen LogP contribution in [0.1, 0.15) is 11.3 Å². The fourth-order valence-corrected chi connectivity index (χ4v) is 2.52. The molecule has 2 rings (SSSR count). The summed E-state index contributed by atoms with van der Waals surface area (Å²) in [5, 5.41) is 10.4. The minimum Gasteiger partial charge on any atom is -0.359 e. The molecule has 1 unspecified atom stereocenters. The molecule has 106 valence electrons. The Kier molecular flexibility index (Phi) is 4.55. The van der Waals surface area contributed by atoms with E-state index in [1.165, 1.54) is 11.3 Å². The molecule has 1 aromatic rings. The van der Waals surface area contributed by atoms with Crippen LogP contribution >= 0.6 is 0 Å². The van der Waals surface area contributed by atoms with E-state index in [0.29, 0.717) is 13.1 Å². The lowest BCUT2D eigenvalue weighted by Crippen LogP contribution is -2.36. The van der Waals surface area contributed by atoms with Crippen LogP contribution < -0.4 is 10.6 Å². The molecule has 1 atom stereocenters. The molecule has 0 bridgehead atoms. The molecule has 0 saturated heterocycles. The lowest BCUT2D eigenvalue weighted by atomic mass is 10.1. The van der Waals surface area contributed by atoms with Crippen LogP contribution in [-0.2, 0) is 24.3 Å². The van der Waals surface area contributed by atoms with Crippen LogP contribution in [-0.4, -0.2) is 54.8 Å². The van der Waals surface area contributed by atoms with Crippen molar-refractivity contribution in [1.82, 2.24) is 25.3 Å². The number of nitrogens with one attached hydrogen (secondary N) is 2. The number of fused-ring (bicyclic) bond motifs is 1. The predicted molar refractivity (Wildman–Crippen MR) is 73.7 cm³/mol. The number of rotatable bonds is 5. The second-order valence-corrected chi connectivity index (χ2v) is 5.18. The Hall–Kier alpha value is -1.40. The maximum absolute atomic E-state index is 11.8. The summed E-state index contributed by atoms with van der Waals surface area (Å²) in [4.78, 5) is 14.1. The third-order valence-electron chi connectivity index (χ3n) is 3.57. The van der Waals surface area contributed by atoms with Crippen molar-refractivity contribution in [3.05, 3.63) is 17.5 Å². The van der Waals surface area contributed by atoms with E-state index >= 15 is 0 Å². The van der Waals surface area contributed by atoms with E-state index in [1.54, 1.807) is 7.05 Å². The average Bonchev–Trinajstić information content (AvgIpc) is 2.78. The van der Waals surface area contributed by atoms with Crippen LogP contribution in [0, 0.1) is 5.92 Å². The van der Waals surface area contributed by atoms with Crippen molar-refractivity contribution >= 4 is 5.91 Å². The molecule has 6 nitrogen and oxygen atoms in total. The van der Waals surface area contributed by atoms with Gasteiger partial charge in [-0.05, 0) is 14.1 Å². The standard InChI is InChI=1S/C13H23N5O/c1-14-6-10(13(19)15-2)8-18-9-11-7-17(3)5-4-12(11)16-18/h9-10,14H,4-8H2,1-3H3,(H,15,19). The molecular formula is C13H23N5O. The molecular weight excluding hydrogens is 242 g/mol. The fourth-order valence-electron chi connectivity index (χ4n) is 2.52. The third-order valence-corrected chi connectivity index (χ3v) is 3.57. The molecule has 0 aliphatic carbocycles. The van der Waals surface area contributed by atoms with Gasteiger partial charge < -0.3 is 15.5 Å². The Morgan fingerprint density at radius 2 is 2.32 bits per heavy atom. The largest absolute Gasteiger partial charge is 0.359 e. The lowest BCUT2D eigenvalue weighted by molar-refractivity contribution is -0.124. The van der Waals surface area contributed by atoms with Gasteiger partial charge in [0.1, 0.15) is 0 Å². The molecule has 0 spiro atoms. The van der Waals surface area contributed by atoms with E-state index < -0.39 is 0 Å². The van der Waals surface area contributed by atoms with Crippen molar-refractivity contribution in [2.24, 2.45) is 5.92 Å². The van der Waals surface area contributed by atoms with Crippen LogP contribution in [0.5, 0.6) is 0 Å². The van der Waals surface area contributed by atoms with Gasteiger partial charge in [0, 0.05) is 44.9 Å². The summed E-state index contributed by atoms with van der Waals surface area (Å²) in [6.07, 6.45) is 3.08. The van der Waals surface area contributed by atoms with Gasteiger partial charge in [-0.25, -0.2) is 0 Å². The molecule has 1 aliphatic rings. The summed E-state index contributed by atoms with van der Waals surface area (Å²) in [6.45, 7) is 3.28. The van der Waals surface area contributed by atoms with E-state index in [1.807, 2.05) is 11.7 Å². The molecule has 1 aromatic heterocycles. The van der Waals surface area contributed by atoms with Crippen molar-refractivity contribution in [1.29, 1.82) is 0 Å². The highest BCUT2D eigenvalue weighted by atomic mass is 16.1. The molecule has 1 aliphatic heterocycles. The van der Waals surface area contributed by atoms with E-state index in [4.69, 9.17) is 0 Å². The fraction of sp³-hybridized carbons (Fsp3) is 0.692. The summed E-state index contributed by atoms with van der Waals surface area (Å²) >= 11 is 0. The van der Waals surface area contributed by atoms with Crippen molar-refractivity contribution in [2.75, 3.05) is 34.2 Å². The molecule has 0 aromatic carbocycles. The van der Waals surface area contributed by atoms with Gasteiger partial charge in [0.25, 0.3) is 0 Å². The monoisotopic (exact) mass is 265 g/mol. The van der Waals surface area contributed by atoms with Crippen LogP contribution in [0.2, 0.25) is 0 Å². The highest BCUT2D eigenvalue weighted by molar-refractivity contribution is 5.78. The lowest BCUT2D eigenvalue weighted by Gasteiger charge is -2.20. The Bertz CT molecular complexity index is 442. The molecule has 2 N–H and O–H groups in total. The van der Waals surface area contributed by atoms with Crippen LogP contribution in [0.15, 0.2) is 6.20 Å². The van der Waals surface area contributed by atoms with Crippen molar-refractivity contribution in [3.63, 3.8) is 0 Å². The van der Waals surface area contributed by atoms with E-state index in [-0.39, 0.29) is 11.8 Å². The first kappa shape index (κ1) is 14.0. The van der Waals surface area contributed by atoms with Gasteiger partial charge in [-0.2, -0.15) is 5.10 Å². The van der Waals surface area contributed by atoms with Crippen LogP contribution in [0.25, 0.3) is 0 Å². The minimum atomic E-state index is -0.0888. The van der Waals surface area contributed by atoms with E-state index in [9.17, 15) is 4.79 Å².